The van der Waals surface area contributed by atoms with Gasteiger partial charge < -0.3 is 10.0 Å². The van der Waals surface area contributed by atoms with Gasteiger partial charge in [0.05, 0.1) is 17.0 Å². The Morgan fingerprint density at radius 1 is 0.969 bits per heavy atom. The van der Waals surface area contributed by atoms with Gasteiger partial charge in [0.15, 0.2) is 0 Å². The van der Waals surface area contributed by atoms with Crippen molar-refractivity contribution in [3.8, 4) is 0 Å². The quantitative estimate of drug-likeness (QED) is 0.493. The first-order chi connectivity index (χ1) is 15.2. The molecule has 0 saturated carbocycles. The standard InChI is InChI=1S/C22H20ClN3O5S/c23-19-7-9-20(10-8-19)32(30,31)25-13-21(27)26(15-17-2-1-11-24-12-17)14-16-3-5-18(6-4-16)22(28)29/h1-12,25H,13-15H2,(H,28,29). The molecule has 1 aromatic heterocycles. The molecular formula is C22H20ClN3O5S. The van der Waals surface area contributed by atoms with Gasteiger partial charge >= 0.3 is 5.97 Å². The van der Waals surface area contributed by atoms with E-state index in [0.29, 0.717) is 10.6 Å². The zero-order valence-electron chi connectivity index (χ0n) is 16.8. The molecule has 0 unspecified atom stereocenters. The summed E-state index contributed by atoms with van der Waals surface area (Å²) in [4.78, 5) is 29.5. The van der Waals surface area contributed by atoms with Gasteiger partial charge in [0.2, 0.25) is 15.9 Å². The number of amides is 1. The summed E-state index contributed by atoms with van der Waals surface area (Å²) in [7, 11) is -3.90. The van der Waals surface area contributed by atoms with Crippen LogP contribution in [0.5, 0.6) is 0 Å². The van der Waals surface area contributed by atoms with E-state index in [4.69, 9.17) is 16.7 Å². The minimum absolute atomic E-state index is 0.00207. The van der Waals surface area contributed by atoms with Crippen LogP contribution in [-0.4, -0.2) is 41.8 Å². The molecule has 8 nitrogen and oxygen atoms in total. The highest BCUT2D eigenvalue weighted by atomic mass is 35.5. The van der Waals surface area contributed by atoms with Gasteiger partial charge in [-0.25, -0.2) is 17.9 Å². The molecule has 10 heteroatoms. The molecule has 0 aliphatic rings. The second-order valence-corrected chi connectivity index (χ2v) is 9.10. The number of pyridine rings is 1. The van der Waals surface area contributed by atoms with Crippen LogP contribution in [0.3, 0.4) is 0 Å². The van der Waals surface area contributed by atoms with Crippen LogP contribution >= 0.6 is 11.6 Å². The number of nitrogens with one attached hydrogen (secondary N) is 1. The number of sulfonamides is 1. The number of hydrogen-bond acceptors (Lipinski definition) is 5. The summed E-state index contributed by atoms with van der Waals surface area (Å²) in [5, 5.41) is 9.45. The molecule has 0 aliphatic heterocycles. The first kappa shape index (κ1) is 23.4. The first-order valence-corrected chi connectivity index (χ1v) is 11.3. The molecule has 2 aromatic carbocycles. The van der Waals surface area contributed by atoms with Crippen molar-refractivity contribution in [1.29, 1.82) is 0 Å². The van der Waals surface area contributed by atoms with Crippen LogP contribution in [-0.2, 0) is 27.9 Å². The molecule has 0 spiro atoms. The van der Waals surface area contributed by atoms with Crippen molar-refractivity contribution >= 4 is 33.5 Å². The number of benzene rings is 2. The van der Waals surface area contributed by atoms with Gasteiger partial charge in [-0.15, -0.1) is 0 Å². The van der Waals surface area contributed by atoms with E-state index in [1.54, 1.807) is 36.7 Å². The smallest absolute Gasteiger partial charge is 0.335 e. The van der Waals surface area contributed by atoms with E-state index in [0.717, 1.165) is 5.56 Å². The van der Waals surface area contributed by atoms with E-state index in [1.165, 1.54) is 41.3 Å². The first-order valence-electron chi connectivity index (χ1n) is 9.49. The predicted molar refractivity (Wildman–Crippen MR) is 119 cm³/mol. The third kappa shape index (κ3) is 6.36. The Labute approximate surface area is 190 Å². The molecule has 0 radical (unpaired) electrons. The maximum Gasteiger partial charge on any atom is 0.335 e. The number of rotatable bonds is 9. The lowest BCUT2D eigenvalue weighted by Crippen LogP contribution is -2.39. The molecule has 0 saturated heterocycles. The molecule has 2 N–H and O–H groups in total. The number of carboxylic acids is 1. The molecule has 1 amide bonds. The summed E-state index contributed by atoms with van der Waals surface area (Å²) in [6, 6.07) is 15.3. The average molecular weight is 474 g/mol. The summed E-state index contributed by atoms with van der Waals surface area (Å²) in [5.41, 5.74) is 1.60. The Kier molecular flexibility index (Phi) is 7.57. The van der Waals surface area contributed by atoms with Gasteiger partial charge in [-0.1, -0.05) is 29.8 Å². The molecule has 0 bridgehead atoms. The number of nitrogens with zero attached hydrogens (tertiary/aromatic N) is 2. The molecule has 0 fully saturated rings. The minimum Gasteiger partial charge on any atom is -0.478 e. The summed E-state index contributed by atoms with van der Waals surface area (Å²) in [6.45, 7) is -0.0786. The number of carboxylic acid groups (broad SMARTS) is 1. The van der Waals surface area contributed by atoms with Crippen LogP contribution in [0.1, 0.15) is 21.5 Å². The second kappa shape index (κ2) is 10.4. The molecule has 0 atom stereocenters. The van der Waals surface area contributed by atoms with Gasteiger partial charge in [-0.3, -0.25) is 9.78 Å². The SMILES string of the molecule is O=C(O)c1ccc(CN(Cc2cccnc2)C(=O)CNS(=O)(=O)c2ccc(Cl)cc2)cc1. The molecule has 166 valence electrons. The van der Waals surface area contributed by atoms with Crippen molar-refractivity contribution < 1.29 is 23.1 Å². The van der Waals surface area contributed by atoms with Gasteiger partial charge in [-0.2, -0.15) is 0 Å². The van der Waals surface area contributed by atoms with Crippen molar-refractivity contribution in [3.05, 3.63) is 94.8 Å². The molecule has 0 aliphatic carbocycles. The lowest BCUT2D eigenvalue weighted by Gasteiger charge is -2.23. The van der Waals surface area contributed by atoms with E-state index < -0.39 is 28.4 Å². The average Bonchev–Trinajstić information content (AvgIpc) is 2.78. The van der Waals surface area contributed by atoms with E-state index in [2.05, 4.69) is 9.71 Å². The lowest BCUT2D eigenvalue weighted by molar-refractivity contribution is -0.131. The number of aromatic carboxylic acids is 1. The fourth-order valence-corrected chi connectivity index (χ4v) is 3.98. The Morgan fingerprint density at radius 3 is 2.22 bits per heavy atom. The van der Waals surface area contributed by atoms with Gasteiger partial charge in [0, 0.05) is 30.5 Å². The Morgan fingerprint density at radius 2 is 1.62 bits per heavy atom. The van der Waals surface area contributed by atoms with E-state index in [9.17, 15) is 18.0 Å². The molecule has 3 rings (SSSR count). The third-order valence-corrected chi connectivity index (χ3v) is 6.23. The summed E-state index contributed by atoms with van der Waals surface area (Å²) >= 11 is 5.80. The molecule has 3 aromatic rings. The minimum atomic E-state index is -3.90. The summed E-state index contributed by atoms with van der Waals surface area (Å²) in [6.07, 6.45) is 3.23. The maximum absolute atomic E-state index is 12.9. The predicted octanol–water partition coefficient (Wildman–Crippen LogP) is 2.94. The number of hydrogen-bond donors (Lipinski definition) is 2. The van der Waals surface area contributed by atoms with Crippen molar-refractivity contribution in [2.45, 2.75) is 18.0 Å². The van der Waals surface area contributed by atoms with Crippen LogP contribution in [0.4, 0.5) is 0 Å². The number of carbonyl (C=O) groups excluding carboxylic acids is 1. The topological polar surface area (TPSA) is 117 Å². The fraction of sp³-hybridized carbons (Fsp3) is 0.136. The monoisotopic (exact) mass is 473 g/mol. The Balaban J connectivity index is 1.75. The largest absolute Gasteiger partial charge is 0.478 e. The van der Waals surface area contributed by atoms with Crippen LogP contribution in [0.15, 0.2) is 78.0 Å². The third-order valence-electron chi connectivity index (χ3n) is 4.56. The van der Waals surface area contributed by atoms with Crippen molar-refractivity contribution in [1.82, 2.24) is 14.6 Å². The van der Waals surface area contributed by atoms with Crippen LogP contribution in [0.2, 0.25) is 5.02 Å². The summed E-state index contributed by atoms with van der Waals surface area (Å²) in [5.74, 6) is -1.50. The molecule has 1 heterocycles. The highest BCUT2D eigenvalue weighted by molar-refractivity contribution is 7.89. The zero-order chi connectivity index (χ0) is 23.1. The Bertz CT molecular complexity index is 1180. The lowest BCUT2D eigenvalue weighted by atomic mass is 10.1. The summed E-state index contributed by atoms with van der Waals surface area (Å²) < 4.78 is 27.3. The zero-order valence-corrected chi connectivity index (χ0v) is 18.4. The van der Waals surface area contributed by atoms with Gasteiger partial charge in [0.25, 0.3) is 0 Å². The second-order valence-electron chi connectivity index (χ2n) is 6.89. The van der Waals surface area contributed by atoms with Gasteiger partial charge in [-0.05, 0) is 53.6 Å². The molecular weight excluding hydrogens is 454 g/mol. The van der Waals surface area contributed by atoms with Crippen molar-refractivity contribution in [3.63, 3.8) is 0 Å². The normalized spacial score (nSPS) is 11.2. The van der Waals surface area contributed by atoms with E-state index in [1.807, 2.05) is 0 Å². The number of halogens is 1. The van der Waals surface area contributed by atoms with Crippen molar-refractivity contribution in [2.75, 3.05) is 6.54 Å². The maximum atomic E-state index is 12.9. The van der Waals surface area contributed by atoms with Crippen LogP contribution < -0.4 is 4.72 Å². The van der Waals surface area contributed by atoms with Crippen LogP contribution in [0, 0.1) is 0 Å². The Hall–Kier alpha value is -3.27. The van der Waals surface area contributed by atoms with Crippen molar-refractivity contribution in [2.24, 2.45) is 0 Å². The highest BCUT2D eigenvalue weighted by Crippen LogP contribution is 2.15. The number of aromatic nitrogens is 1. The molecule has 32 heavy (non-hydrogen) atoms. The van der Waals surface area contributed by atoms with E-state index >= 15 is 0 Å². The highest BCUT2D eigenvalue weighted by Gasteiger charge is 2.20. The van der Waals surface area contributed by atoms with Gasteiger partial charge in [0.1, 0.15) is 0 Å². The van der Waals surface area contributed by atoms with Crippen LogP contribution in [0.25, 0.3) is 0 Å². The number of carbonyl (C=O) groups is 2. The fourth-order valence-electron chi connectivity index (χ4n) is 2.88. The van der Waals surface area contributed by atoms with E-state index in [-0.39, 0.29) is 23.5 Å².